The van der Waals surface area contributed by atoms with Crippen molar-refractivity contribution in [2.24, 2.45) is 0 Å². The molecule has 6 nitrogen and oxygen atoms in total. The SMILES string of the molecule is O=[N+]([O-])C=C1NCCN1Cc1ccco1. The lowest BCUT2D eigenvalue weighted by atomic mass is 10.4. The van der Waals surface area contributed by atoms with Gasteiger partial charge in [-0.15, -0.1) is 0 Å². The highest BCUT2D eigenvalue weighted by molar-refractivity contribution is 5.05. The van der Waals surface area contributed by atoms with Crippen molar-refractivity contribution in [1.82, 2.24) is 10.2 Å². The third-order valence-electron chi connectivity index (χ3n) is 2.18. The van der Waals surface area contributed by atoms with E-state index in [0.717, 1.165) is 25.0 Å². The fraction of sp³-hybridized carbons (Fsp3) is 0.333. The molecule has 0 saturated carbocycles. The molecule has 0 amide bonds. The summed E-state index contributed by atoms with van der Waals surface area (Å²) >= 11 is 0. The Balaban J connectivity index is 2.05. The van der Waals surface area contributed by atoms with Crippen molar-refractivity contribution in [2.75, 3.05) is 13.1 Å². The quantitative estimate of drug-likeness (QED) is 0.587. The van der Waals surface area contributed by atoms with E-state index in [1.165, 1.54) is 0 Å². The van der Waals surface area contributed by atoms with Crippen LogP contribution in [-0.2, 0) is 6.54 Å². The predicted molar refractivity (Wildman–Crippen MR) is 52.2 cm³/mol. The van der Waals surface area contributed by atoms with E-state index in [-0.39, 0.29) is 0 Å². The number of rotatable bonds is 3. The van der Waals surface area contributed by atoms with Crippen molar-refractivity contribution in [2.45, 2.75) is 6.54 Å². The van der Waals surface area contributed by atoms with Crippen LogP contribution in [0.25, 0.3) is 0 Å². The molecule has 0 bridgehead atoms. The maximum Gasteiger partial charge on any atom is 0.274 e. The minimum Gasteiger partial charge on any atom is -0.467 e. The van der Waals surface area contributed by atoms with Gasteiger partial charge in [0.1, 0.15) is 5.76 Å². The van der Waals surface area contributed by atoms with Crippen LogP contribution in [0.5, 0.6) is 0 Å². The maximum atomic E-state index is 10.3. The van der Waals surface area contributed by atoms with Gasteiger partial charge in [0.25, 0.3) is 6.20 Å². The molecule has 2 heterocycles. The molecule has 2 rings (SSSR count). The zero-order valence-corrected chi connectivity index (χ0v) is 8.05. The summed E-state index contributed by atoms with van der Waals surface area (Å²) in [5.74, 6) is 1.34. The second-order valence-electron chi connectivity index (χ2n) is 3.23. The lowest BCUT2D eigenvalue weighted by Gasteiger charge is -2.14. The van der Waals surface area contributed by atoms with Crippen molar-refractivity contribution in [1.29, 1.82) is 0 Å². The van der Waals surface area contributed by atoms with Gasteiger partial charge in [0.2, 0.25) is 0 Å². The van der Waals surface area contributed by atoms with Crippen LogP contribution < -0.4 is 5.32 Å². The minimum atomic E-state index is -0.456. The molecule has 6 heteroatoms. The summed E-state index contributed by atoms with van der Waals surface area (Å²) in [6.45, 7) is 2.03. The molecule has 0 spiro atoms. The average molecular weight is 209 g/mol. The first-order chi connectivity index (χ1) is 7.25. The third kappa shape index (κ3) is 2.28. The molecule has 1 aliphatic heterocycles. The first kappa shape index (κ1) is 9.57. The van der Waals surface area contributed by atoms with Crippen LogP contribution in [0.3, 0.4) is 0 Å². The second-order valence-corrected chi connectivity index (χ2v) is 3.23. The van der Waals surface area contributed by atoms with Gasteiger partial charge >= 0.3 is 0 Å². The Kier molecular flexibility index (Phi) is 2.57. The normalized spacial score (nSPS) is 18.1. The van der Waals surface area contributed by atoms with E-state index in [0.29, 0.717) is 12.4 Å². The fourth-order valence-corrected chi connectivity index (χ4v) is 1.53. The number of nitrogens with zero attached hydrogens (tertiary/aromatic N) is 2. The molecule has 1 aliphatic rings. The van der Waals surface area contributed by atoms with Crippen LogP contribution in [-0.4, -0.2) is 22.9 Å². The van der Waals surface area contributed by atoms with Crippen molar-refractivity contribution >= 4 is 0 Å². The van der Waals surface area contributed by atoms with Crippen molar-refractivity contribution in [3.05, 3.63) is 46.3 Å². The molecule has 15 heavy (non-hydrogen) atoms. The Hall–Kier alpha value is -1.98. The average Bonchev–Trinajstić information content (AvgIpc) is 2.78. The number of hydrogen-bond acceptors (Lipinski definition) is 5. The summed E-state index contributed by atoms with van der Waals surface area (Å²) in [7, 11) is 0. The first-order valence-corrected chi connectivity index (χ1v) is 4.62. The van der Waals surface area contributed by atoms with E-state index >= 15 is 0 Å². The molecule has 0 aromatic carbocycles. The Bertz CT molecular complexity index is 372. The summed E-state index contributed by atoms with van der Waals surface area (Å²) in [4.78, 5) is 11.8. The van der Waals surface area contributed by atoms with Gasteiger partial charge in [-0.1, -0.05) is 0 Å². The van der Waals surface area contributed by atoms with Gasteiger partial charge in [0.05, 0.1) is 17.7 Å². The zero-order valence-electron chi connectivity index (χ0n) is 8.05. The molecule has 0 aliphatic carbocycles. The molecule has 80 valence electrons. The van der Waals surface area contributed by atoms with E-state index in [1.807, 2.05) is 11.0 Å². The highest BCUT2D eigenvalue weighted by Gasteiger charge is 2.20. The molecule has 0 atom stereocenters. The highest BCUT2D eigenvalue weighted by atomic mass is 16.6. The van der Waals surface area contributed by atoms with Crippen LogP contribution in [0.2, 0.25) is 0 Å². The highest BCUT2D eigenvalue weighted by Crippen LogP contribution is 2.13. The lowest BCUT2D eigenvalue weighted by molar-refractivity contribution is -0.404. The summed E-state index contributed by atoms with van der Waals surface area (Å²) in [6, 6.07) is 3.65. The van der Waals surface area contributed by atoms with Crippen LogP contribution in [0.4, 0.5) is 0 Å². The largest absolute Gasteiger partial charge is 0.467 e. The van der Waals surface area contributed by atoms with Gasteiger partial charge in [-0.05, 0) is 12.1 Å². The minimum absolute atomic E-state index is 0.456. The van der Waals surface area contributed by atoms with Gasteiger partial charge in [-0.2, -0.15) is 0 Å². The van der Waals surface area contributed by atoms with Gasteiger partial charge in [-0.3, -0.25) is 10.1 Å². The monoisotopic (exact) mass is 209 g/mol. The van der Waals surface area contributed by atoms with Crippen LogP contribution >= 0.6 is 0 Å². The van der Waals surface area contributed by atoms with Crippen LogP contribution in [0, 0.1) is 10.1 Å². The van der Waals surface area contributed by atoms with Crippen molar-refractivity contribution in [3.63, 3.8) is 0 Å². The summed E-state index contributed by atoms with van der Waals surface area (Å²) in [6.07, 6.45) is 2.58. The zero-order chi connectivity index (χ0) is 10.7. The third-order valence-corrected chi connectivity index (χ3v) is 2.18. The molecule has 0 unspecified atom stereocenters. The summed E-state index contributed by atoms with van der Waals surface area (Å²) in [5, 5.41) is 13.3. The molecule has 1 aromatic rings. The van der Waals surface area contributed by atoms with Crippen LogP contribution in [0.1, 0.15) is 5.76 Å². The molecular weight excluding hydrogens is 198 g/mol. The molecule has 1 saturated heterocycles. The maximum absolute atomic E-state index is 10.3. The van der Waals surface area contributed by atoms with Gasteiger partial charge < -0.3 is 14.6 Å². The smallest absolute Gasteiger partial charge is 0.274 e. The van der Waals surface area contributed by atoms with Gasteiger partial charge in [-0.25, -0.2) is 0 Å². The van der Waals surface area contributed by atoms with E-state index in [9.17, 15) is 10.1 Å². The van der Waals surface area contributed by atoms with E-state index in [2.05, 4.69) is 5.32 Å². The predicted octanol–water partition coefficient (Wildman–Crippen LogP) is 0.760. The van der Waals surface area contributed by atoms with E-state index < -0.39 is 4.92 Å². The summed E-state index contributed by atoms with van der Waals surface area (Å²) < 4.78 is 5.18. The Labute approximate surface area is 86.3 Å². The molecule has 1 fully saturated rings. The molecule has 0 radical (unpaired) electrons. The van der Waals surface area contributed by atoms with Crippen molar-refractivity contribution in [3.8, 4) is 0 Å². The summed E-state index contributed by atoms with van der Waals surface area (Å²) in [5.41, 5.74) is 0. The number of nitro groups is 1. The number of hydrogen-bond donors (Lipinski definition) is 1. The standard InChI is InChI=1S/C9H11N3O3/c13-12(14)7-9-10-3-4-11(9)6-8-2-1-5-15-8/h1-2,5,7,10H,3-4,6H2. The Morgan fingerprint density at radius 1 is 1.73 bits per heavy atom. The first-order valence-electron chi connectivity index (χ1n) is 4.62. The molecular formula is C9H11N3O3. The second kappa shape index (κ2) is 4.04. The Morgan fingerprint density at radius 3 is 3.27 bits per heavy atom. The lowest BCUT2D eigenvalue weighted by Crippen LogP contribution is -2.20. The van der Waals surface area contributed by atoms with E-state index in [4.69, 9.17) is 4.42 Å². The van der Waals surface area contributed by atoms with Crippen molar-refractivity contribution < 1.29 is 9.34 Å². The van der Waals surface area contributed by atoms with Gasteiger partial charge in [0.15, 0.2) is 5.82 Å². The van der Waals surface area contributed by atoms with E-state index in [1.54, 1.807) is 12.3 Å². The number of furan rings is 1. The molecule has 1 N–H and O–H groups in total. The molecule has 1 aromatic heterocycles. The Morgan fingerprint density at radius 2 is 2.60 bits per heavy atom. The van der Waals surface area contributed by atoms with Crippen LogP contribution in [0.15, 0.2) is 34.8 Å². The number of nitrogens with one attached hydrogen (secondary N) is 1. The van der Waals surface area contributed by atoms with Gasteiger partial charge in [0, 0.05) is 13.1 Å². The topological polar surface area (TPSA) is 71.6 Å². The fourth-order valence-electron chi connectivity index (χ4n) is 1.53.